The molecule has 27 heavy (non-hydrogen) atoms. The van der Waals surface area contributed by atoms with E-state index >= 15 is 0 Å². The minimum Gasteiger partial charge on any atom is -0.489 e. The van der Waals surface area contributed by atoms with E-state index in [9.17, 15) is 19.5 Å². The van der Waals surface area contributed by atoms with Gasteiger partial charge >= 0.3 is 11.6 Å². The molecular weight excluding hydrogens is 374 g/mol. The third-order valence-electron chi connectivity index (χ3n) is 4.46. The minimum absolute atomic E-state index is 0.00531. The van der Waals surface area contributed by atoms with Gasteiger partial charge in [-0.2, -0.15) is 0 Å². The van der Waals surface area contributed by atoms with Crippen LogP contribution in [0.3, 0.4) is 0 Å². The van der Waals surface area contributed by atoms with E-state index in [0.717, 1.165) is 5.39 Å². The minimum atomic E-state index is -1.17. The smallest absolute Gasteiger partial charge is 0.352 e. The van der Waals surface area contributed by atoms with Gasteiger partial charge < -0.3 is 19.0 Å². The van der Waals surface area contributed by atoms with Crippen LogP contribution in [0.4, 0.5) is 0 Å². The van der Waals surface area contributed by atoms with Crippen molar-refractivity contribution in [2.75, 3.05) is 19.5 Å². The second kappa shape index (κ2) is 6.75. The van der Waals surface area contributed by atoms with Crippen molar-refractivity contribution >= 4 is 34.6 Å². The average molecular weight is 389 g/mol. The summed E-state index contributed by atoms with van der Waals surface area (Å²) in [4.78, 5) is 36.5. The Bertz CT molecular complexity index is 1030. The van der Waals surface area contributed by atoms with Gasteiger partial charge in [-0.1, -0.05) is 0 Å². The standard InChI is InChI=1S/C18H15NO7S/c1-24-15-16(21)19-14(18(22)23)10(8-27-17(15)19)7-25-11-4-2-9-3-5-13(20)26-12(9)6-11/h2-6,15,17H,7-8H2,1H3,(H,22,23). The predicted octanol–water partition coefficient (Wildman–Crippen LogP) is 1.44. The fourth-order valence-corrected chi connectivity index (χ4v) is 4.50. The van der Waals surface area contributed by atoms with E-state index in [1.807, 2.05) is 0 Å². The molecule has 0 saturated carbocycles. The van der Waals surface area contributed by atoms with Crippen LogP contribution in [0.15, 0.2) is 50.8 Å². The molecule has 2 aliphatic rings. The molecule has 1 aromatic heterocycles. The number of hydrogen-bond acceptors (Lipinski definition) is 7. The van der Waals surface area contributed by atoms with Crippen molar-refractivity contribution in [3.8, 4) is 5.75 Å². The summed E-state index contributed by atoms with van der Waals surface area (Å²) in [6.45, 7) is 0.00531. The number of ether oxygens (including phenoxy) is 2. The van der Waals surface area contributed by atoms with E-state index in [1.54, 1.807) is 24.3 Å². The van der Waals surface area contributed by atoms with Gasteiger partial charge in [-0.15, -0.1) is 11.8 Å². The number of thioether (sulfide) groups is 1. The fraction of sp³-hybridized carbons (Fsp3) is 0.278. The van der Waals surface area contributed by atoms with Crippen LogP contribution in [0.2, 0.25) is 0 Å². The summed E-state index contributed by atoms with van der Waals surface area (Å²) >= 11 is 1.44. The number of carbonyl (C=O) groups excluding carboxylic acids is 1. The first-order chi connectivity index (χ1) is 13.0. The monoisotopic (exact) mass is 389 g/mol. The van der Waals surface area contributed by atoms with Gasteiger partial charge in [-0.3, -0.25) is 9.69 Å². The molecule has 2 aromatic rings. The van der Waals surface area contributed by atoms with Crippen LogP contribution in [-0.4, -0.2) is 52.8 Å². The summed E-state index contributed by atoms with van der Waals surface area (Å²) in [6.07, 6.45) is -0.616. The number of benzene rings is 1. The number of nitrogens with zero attached hydrogens (tertiary/aromatic N) is 1. The molecule has 1 saturated heterocycles. The fourth-order valence-electron chi connectivity index (χ4n) is 3.14. The van der Waals surface area contributed by atoms with Gasteiger partial charge in [0.05, 0.1) is 0 Å². The number of carbonyl (C=O) groups is 2. The number of β-lactam (4-membered cyclic amide) rings is 1. The Morgan fingerprint density at radius 3 is 2.85 bits per heavy atom. The van der Waals surface area contributed by atoms with Crippen molar-refractivity contribution in [1.82, 2.24) is 4.90 Å². The van der Waals surface area contributed by atoms with Gasteiger partial charge in [0.25, 0.3) is 5.91 Å². The Morgan fingerprint density at radius 2 is 2.11 bits per heavy atom. The molecule has 2 aliphatic heterocycles. The molecule has 1 amide bonds. The second-order valence-corrected chi connectivity index (χ2v) is 7.17. The van der Waals surface area contributed by atoms with Crippen molar-refractivity contribution in [3.05, 3.63) is 52.0 Å². The molecule has 0 bridgehead atoms. The summed E-state index contributed by atoms with van der Waals surface area (Å²) in [6, 6.07) is 8.01. The lowest BCUT2D eigenvalue weighted by Crippen LogP contribution is -2.65. The number of aliphatic carboxylic acids is 1. The number of fused-ring (bicyclic) bond motifs is 2. The summed E-state index contributed by atoms with van der Waals surface area (Å²) in [5.74, 6) is -0.687. The number of carboxylic acids is 1. The average Bonchev–Trinajstić information content (AvgIpc) is 2.65. The van der Waals surface area contributed by atoms with Gasteiger partial charge in [0.2, 0.25) is 0 Å². The summed E-state index contributed by atoms with van der Waals surface area (Å²) < 4.78 is 15.9. The first-order valence-electron chi connectivity index (χ1n) is 8.09. The van der Waals surface area contributed by atoms with Crippen LogP contribution in [0, 0.1) is 0 Å². The lowest BCUT2D eigenvalue weighted by Gasteiger charge is -2.48. The Kier molecular flexibility index (Phi) is 4.40. The van der Waals surface area contributed by atoms with Crippen LogP contribution in [-0.2, 0) is 14.3 Å². The molecule has 1 fully saturated rings. The van der Waals surface area contributed by atoms with Gasteiger partial charge in [0, 0.05) is 36.0 Å². The zero-order valence-corrected chi connectivity index (χ0v) is 15.0. The molecule has 4 rings (SSSR count). The van der Waals surface area contributed by atoms with Crippen molar-refractivity contribution in [2.24, 2.45) is 0 Å². The number of rotatable bonds is 5. The zero-order valence-electron chi connectivity index (χ0n) is 14.2. The van der Waals surface area contributed by atoms with Gasteiger partial charge in [0.1, 0.15) is 29.0 Å². The van der Waals surface area contributed by atoms with E-state index in [0.29, 0.717) is 22.7 Å². The van der Waals surface area contributed by atoms with E-state index < -0.39 is 17.7 Å². The molecular formula is C18H15NO7S. The summed E-state index contributed by atoms with van der Waals surface area (Å²) in [5.41, 5.74) is 0.367. The van der Waals surface area contributed by atoms with Gasteiger partial charge in [0.15, 0.2) is 6.10 Å². The van der Waals surface area contributed by atoms with E-state index in [4.69, 9.17) is 13.9 Å². The maximum absolute atomic E-state index is 12.1. The Labute approximate surface area is 157 Å². The maximum atomic E-state index is 12.1. The Balaban J connectivity index is 1.58. The van der Waals surface area contributed by atoms with E-state index in [1.165, 1.54) is 29.8 Å². The Hall–Kier alpha value is -2.78. The van der Waals surface area contributed by atoms with Gasteiger partial charge in [-0.05, 0) is 18.2 Å². The molecule has 0 spiro atoms. The van der Waals surface area contributed by atoms with Crippen LogP contribution in [0.25, 0.3) is 11.0 Å². The normalized spacial score (nSPS) is 21.8. The highest BCUT2D eigenvalue weighted by Gasteiger charge is 2.54. The lowest BCUT2D eigenvalue weighted by atomic mass is 10.1. The van der Waals surface area contributed by atoms with Crippen molar-refractivity contribution in [3.63, 3.8) is 0 Å². The largest absolute Gasteiger partial charge is 0.489 e. The molecule has 140 valence electrons. The van der Waals surface area contributed by atoms with Gasteiger partial charge in [-0.25, -0.2) is 9.59 Å². The SMILES string of the molecule is COC1C(=O)N2C(C(=O)O)=C(COc3ccc4ccc(=O)oc4c3)CSC12. The highest BCUT2D eigenvalue weighted by atomic mass is 32.2. The zero-order chi connectivity index (χ0) is 19.1. The van der Waals surface area contributed by atoms with E-state index in [-0.39, 0.29) is 23.6 Å². The van der Waals surface area contributed by atoms with Crippen LogP contribution in [0.5, 0.6) is 5.75 Å². The molecule has 9 heteroatoms. The van der Waals surface area contributed by atoms with Crippen molar-refractivity contribution in [2.45, 2.75) is 11.5 Å². The van der Waals surface area contributed by atoms with Crippen LogP contribution in [0.1, 0.15) is 0 Å². The molecule has 0 aliphatic carbocycles. The number of carboxylic acid groups (broad SMARTS) is 1. The van der Waals surface area contributed by atoms with Crippen molar-refractivity contribution < 1.29 is 28.6 Å². The lowest BCUT2D eigenvalue weighted by molar-refractivity contribution is -0.162. The number of methoxy groups -OCH3 is 1. The number of hydrogen-bond donors (Lipinski definition) is 1. The molecule has 2 atom stereocenters. The molecule has 1 aromatic carbocycles. The first kappa shape index (κ1) is 17.6. The van der Waals surface area contributed by atoms with Crippen LogP contribution < -0.4 is 10.4 Å². The predicted molar refractivity (Wildman–Crippen MR) is 96.5 cm³/mol. The van der Waals surface area contributed by atoms with Crippen LogP contribution >= 0.6 is 11.8 Å². The summed E-state index contributed by atoms with van der Waals surface area (Å²) in [7, 11) is 1.43. The van der Waals surface area contributed by atoms with E-state index in [2.05, 4.69) is 0 Å². The topological polar surface area (TPSA) is 106 Å². The Morgan fingerprint density at radius 1 is 1.33 bits per heavy atom. The maximum Gasteiger partial charge on any atom is 0.352 e. The third-order valence-corrected chi connectivity index (χ3v) is 5.78. The first-order valence-corrected chi connectivity index (χ1v) is 9.14. The quantitative estimate of drug-likeness (QED) is 0.605. The third kappa shape index (κ3) is 2.98. The molecule has 0 radical (unpaired) electrons. The van der Waals surface area contributed by atoms with Crippen molar-refractivity contribution in [1.29, 1.82) is 0 Å². The molecule has 3 heterocycles. The molecule has 2 unspecified atom stereocenters. The summed E-state index contributed by atoms with van der Waals surface area (Å²) in [5, 5.41) is 9.99. The number of amides is 1. The highest BCUT2D eigenvalue weighted by Crippen LogP contribution is 2.41. The molecule has 8 nitrogen and oxygen atoms in total. The second-order valence-electron chi connectivity index (χ2n) is 6.07. The highest BCUT2D eigenvalue weighted by molar-refractivity contribution is 8.00. The molecule has 1 N–H and O–H groups in total.